The number of esters is 1. The molecule has 0 saturated heterocycles. The quantitative estimate of drug-likeness (QED) is 0.378. The molecule has 2 aromatic rings. The zero-order valence-corrected chi connectivity index (χ0v) is 26.4. The Morgan fingerprint density at radius 2 is 1.79 bits per heavy atom. The Labute approximate surface area is 248 Å². The lowest BCUT2D eigenvalue weighted by atomic mass is 9.35. The third-order valence-electron chi connectivity index (χ3n) is 13.3. The van der Waals surface area contributed by atoms with Gasteiger partial charge in [0.2, 0.25) is 11.8 Å². The van der Waals surface area contributed by atoms with E-state index in [0.717, 1.165) is 56.3 Å². The molecule has 0 bridgehead atoms. The Morgan fingerprint density at radius 3 is 2.48 bits per heavy atom. The van der Waals surface area contributed by atoms with Gasteiger partial charge in [0.1, 0.15) is 5.41 Å². The highest BCUT2D eigenvalue weighted by Gasteiger charge is 2.70. The second kappa shape index (κ2) is 8.66. The molecule has 0 aromatic carbocycles. The standard InChI is InChI=1S/C34H45N3O5/c1-18-36-37-29(41-18)34(7)24-10-12-32(5)25(31(24,4)14-19-17-35-42-27(19)34)13-23(38)26-21-15-30(2,3)16-22(28(39)40-8)20(21)9-11-33(26,32)6/h13,17,20-22,24,26H,9-12,14-16H2,1-8H3/t20?,21-,22-,24-,26+,31+,32-,33-,34+/m1/s1. The average molecular weight is 576 g/mol. The van der Waals surface area contributed by atoms with Crippen molar-refractivity contribution in [2.24, 2.45) is 51.2 Å². The highest BCUT2D eigenvalue weighted by atomic mass is 16.5. The van der Waals surface area contributed by atoms with Gasteiger partial charge in [-0.2, -0.15) is 0 Å². The fourth-order valence-electron chi connectivity index (χ4n) is 11.5. The smallest absolute Gasteiger partial charge is 0.308 e. The molecule has 2 aromatic heterocycles. The molecule has 7 rings (SSSR count). The van der Waals surface area contributed by atoms with Gasteiger partial charge in [0.15, 0.2) is 11.5 Å². The first kappa shape index (κ1) is 28.0. The molecule has 226 valence electrons. The number of ether oxygens (including phenoxy) is 1. The number of ketones is 1. The van der Waals surface area contributed by atoms with E-state index in [1.54, 1.807) is 0 Å². The highest BCUT2D eigenvalue weighted by molar-refractivity contribution is 5.95. The van der Waals surface area contributed by atoms with Crippen LogP contribution in [0.25, 0.3) is 0 Å². The molecule has 0 N–H and O–H groups in total. The lowest BCUT2D eigenvalue weighted by Crippen LogP contribution is -2.64. The number of methoxy groups -OCH3 is 1. The van der Waals surface area contributed by atoms with Crippen LogP contribution in [0.4, 0.5) is 0 Å². The van der Waals surface area contributed by atoms with E-state index < -0.39 is 5.41 Å². The fraction of sp³-hybridized carbons (Fsp3) is 0.735. The summed E-state index contributed by atoms with van der Waals surface area (Å²) in [5.41, 5.74) is 0.961. The van der Waals surface area contributed by atoms with Crippen molar-refractivity contribution in [1.82, 2.24) is 15.4 Å². The van der Waals surface area contributed by atoms with Crippen molar-refractivity contribution in [1.29, 1.82) is 0 Å². The lowest BCUT2D eigenvalue weighted by Gasteiger charge is -2.68. The maximum absolute atomic E-state index is 14.6. The molecule has 3 saturated carbocycles. The van der Waals surface area contributed by atoms with Gasteiger partial charge in [0.05, 0.1) is 19.2 Å². The minimum atomic E-state index is -0.651. The molecule has 0 aliphatic heterocycles. The first-order valence-corrected chi connectivity index (χ1v) is 15.8. The summed E-state index contributed by atoms with van der Waals surface area (Å²) in [6, 6.07) is 0. The van der Waals surface area contributed by atoms with Crippen LogP contribution in [0.1, 0.15) is 103 Å². The zero-order valence-electron chi connectivity index (χ0n) is 26.4. The summed E-state index contributed by atoms with van der Waals surface area (Å²) in [6.45, 7) is 15.7. The summed E-state index contributed by atoms with van der Waals surface area (Å²) in [6.07, 6.45) is 10.2. The van der Waals surface area contributed by atoms with Crippen molar-refractivity contribution in [3.63, 3.8) is 0 Å². The number of aryl methyl sites for hydroxylation is 1. The van der Waals surface area contributed by atoms with Gasteiger partial charge in [0.25, 0.3) is 0 Å². The third-order valence-corrected chi connectivity index (χ3v) is 13.3. The van der Waals surface area contributed by atoms with Gasteiger partial charge in [0, 0.05) is 18.4 Å². The molecule has 42 heavy (non-hydrogen) atoms. The second-order valence-corrected chi connectivity index (χ2v) is 16.0. The van der Waals surface area contributed by atoms with Crippen molar-refractivity contribution in [3.05, 3.63) is 41.0 Å². The summed E-state index contributed by atoms with van der Waals surface area (Å²) in [7, 11) is 1.50. The zero-order chi connectivity index (χ0) is 30.0. The van der Waals surface area contributed by atoms with Crippen LogP contribution >= 0.6 is 0 Å². The van der Waals surface area contributed by atoms with Crippen LogP contribution in [0.15, 0.2) is 26.8 Å². The number of carbonyl (C=O) groups is 2. The molecule has 2 heterocycles. The van der Waals surface area contributed by atoms with Crippen molar-refractivity contribution in [2.45, 2.75) is 98.8 Å². The molecule has 9 atom stereocenters. The first-order chi connectivity index (χ1) is 19.7. The van der Waals surface area contributed by atoms with Gasteiger partial charge >= 0.3 is 5.97 Å². The van der Waals surface area contributed by atoms with E-state index in [2.05, 4.69) is 56.9 Å². The van der Waals surface area contributed by atoms with E-state index in [4.69, 9.17) is 13.7 Å². The molecule has 0 amide bonds. The van der Waals surface area contributed by atoms with Crippen LogP contribution in [-0.4, -0.2) is 34.2 Å². The molecule has 0 spiro atoms. The maximum Gasteiger partial charge on any atom is 0.308 e. The van der Waals surface area contributed by atoms with Crippen LogP contribution in [-0.2, 0) is 26.2 Å². The van der Waals surface area contributed by atoms with Gasteiger partial charge in [-0.3, -0.25) is 9.59 Å². The number of nitrogens with zero attached hydrogens (tertiary/aromatic N) is 3. The van der Waals surface area contributed by atoms with Crippen molar-refractivity contribution >= 4 is 11.8 Å². The summed E-state index contributed by atoms with van der Waals surface area (Å²) >= 11 is 0. The number of carbonyl (C=O) groups excluding carboxylic acids is 2. The second-order valence-electron chi connectivity index (χ2n) is 16.0. The summed E-state index contributed by atoms with van der Waals surface area (Å²) in [4.78, 5) is 27.7. The van der Waals surface area contributed by atoms with E-state index in [1.165, 1.54) is 12.7 Å². The largest absolute Gasteiger partial charge is 0.469 e. The Kier molecular flexibility index (Phi) is 5.78. The maximum atomic E-state index is 14.6. The number of allylic oxidation sites excluding steroid dienone is 2. The monoisotopic (exact) mass is 575 g/mol. The summed E-state index contributed by atoms with van der Waals surface area (Å²) in [5.74, 6) is 2.25. The van der Waals surface area contributed by atoms with Crippen LogP contribution in [0.2, 0.25) is 0 Å². The first-order valence-electron chi connectivity index (χ1n) is 15.8. The van der Waals surface area contributed by atoms with E-state index >= 15 is 0 Å². The van der Waals surface area contributed by atoms with Crippen LogP contribution in [0, 0.1) is 58.2 Å². The lowest BCUT2D eigenvalue weighted by molar-refractivity contribution is -0.172. The summed E-state index contributed by atoms with van der Waals surface area (Å²) < 4.78 is 17.4. The van der Waals surface area contributed by atoms with Gasteiger partial charge in [-0.15, -0.1) is 10.2 Å². The number of hydrogen-bond acceptors (Lipinski definition) is 8. The van der Waals surface area contributed by atoms with E-state index in [9.17, 15) is 9.59 Å². The van der Waals surface area contributed by atoms with Gasteiger partial charge in [-0.05, 0) is 97.4 Å². The predicted octanol–water partition coefficient (Wildman–Crippen LogP) is 6.42. The molecule has 1 unspecified atom stereocenters. The molecule has 8 nitrogen and oxygen atoms in total. The Bertz CT molecular complexity index is 1500. The fourth-order valence-corrected chi connectivity index (χ4v) is 11.5. The van der Waals surface area contributed by atoms with E-state index in [0.29, 0.717) is 11.8 Å². The summed E-state index contributed by atoms with van der Waals surface area (Å²) in [5, 5.41) is 12.9. The molecular formula is C34H45N3O5. The van der Waals surface area contributed by atoms with Crippen molar-refractivity contribution < 1.29 is 23.3 Å². The number of hydrogen-bond donors (Lipinski definition) is 0. The SMILES string of the molecule is COC(=O)[C@@H]1CC(C)(C)C[C@@H]2C1CC[C@]1(C)[C@@H]2C(=O)C=C2[C@@]3(C)Cc4cnoc4[C@@](C)(c4nnc(C)o4)[C@@H]3CC[C@]21C. The molecule has 3 fully saturated rings. The number of fused-ring (bicyclic) bond motifs is 8. The third kappa shape index (κ3) is 3.38. The topological polar surface area (TPSA) is 108 Å². The number of rotatable bonds is 2. The van der Waals surface area contributed by atoms with Gasteiger partial charge < -0.3 is 13.7 Å². The van der Waals surface area contributed by atoms with E-state index in [-0.39, 0.29) is 63.0 Å². The van der Waals surface area contributed by atoms with Crippen LogP contribution in [0.3, 0.4) is 0 Å². The Morgan fingerprint density at radius 1 is 1.02 bits per heavy atom. The normalized spacial score (nSPS) is 43.7. The highest BCUT2D eigenvalue weighted by Crippen LogP contribution is 2.74. The van der Waals surface area contributed by atoms with Crippen LogP contribution < -0.4 is 0 Å². The minimum Gasteiger partial charge on any atom is -0.469 e. The Hall–Kier alpha value is -2.77. The van der Waals surface area contributed by atoms with Crippen molar-refractivity contribution in [2.75, 3.05) is 7.11 Å². The Balaban J connectivity index is 1.36. The molecular weight excluding hydrogens is 530 g/mol. The number of aromatic nitrogens is 3. The van der Waals surface area contributed by atoms with Crippen molar-refractivity contribution in [3.8, 4) is 0 Å². The molecule has 5 aliphatic carbocycles. The average Bonchev–Trinajstić information content (AvgIpc) is 3.58. The molecule has 5 aliphatic rings. The van der Waals surface area contributed by atoms with Crippen LogP contribution in [0.5, 0.6) is 0 Å². The molecule has 8 heteroatoms. The molecule has 0 radical (unpaired) electrons. The van der Waals surface area contributed by atoms with E-state index in [1.807, 2.05) is 19.2 Å². The minimum absolute atomic E-state index is 0.0227. The predicted molar refractivity (Wildman–Crippen MR) is 154 cm³/mol. The van der Waals surface area contributed by atoms with Gasteiger partial charge in [-0.25, -0.2) is 0 Å². The van der Waals surface area contributed by atoms with Gasteiger partial charge in [-0.1, -0.05) is 45.3 Å².